The summed E-state index contributed by atoms with van der Waals surface area (Å²) in [5.41, 5.74) is 1.60. The predicted octanol–water partition coefficient (Wildman–Crippen LogP) is 4.25. The number of carbonyl (C=O) groups excluding carboxylic acids is 2. The molecule has 29 heavy (non-hydrogen) atoms. The maximum Gasteiger partial charge on any atom is 0.245 e. The van der Waals surface area contributed by atoms with Crippen LogP contribution in [0.1, 0.15) is 54.2 Å². The molecule has 0 bridgehead atoms. The number of rotatable bonds is 7. The minimum Gasteiger partial charge on any atom is -0.333 e. The lowest BCUT2D eigenvalue weighted by molar-refractivity contribution is -0.138. The Kier molecular flexibility index (Phi) is 7.22. The number of benzene rings is 1. The molecule has 0 aliphatic carbocycles. The van der Waals surface area contributed by atoms with E-state index in [4.69, 9.17) is 5.10 Å². The number of aromatic nitrogens is 2. The fraction of sp³-hybridized carbons (Fsp3) is 0.522. The zero-order valence-electron chi connectivity index (χ0n) is 18.7. The van der Waals surface area contributed by atoms with Crippen molar-refractivity contribution in [3.63, 3.8) is 0 Å². The number of anilines is 1. The molecular formula is C23H34N4O2. The van der Waals surface area contributed by atoms with Crippen molar-refractivity contribution in [1.82, 2.24) is 14.7 Å². The van der Waals surface area contributed by atoms with Crippen molar-refractivity contribution in [2.45, 2.75) is 53.9 Å². The summed E-state index contributed by atoms with van der Waals surface area (Å²) in [5.74, 6) is 0.502. The van der Waals surface area contributed by atoms with E-state index in [9.17, 15) is 9.59 Å². The highest BCUT2D eigenvalue weighted by Gasteiger charge is 2.24. The van der Waals surface area contributed by atoms with E-state index in [2.05, 4.69) is 26.1 Å². The van der Waals surface area contributed by atoms with E-state index >= 15 is 0 Å². The molecule has 2 rings (SSSR count). The summed E-state index contributed by atoms with van der Waals surface area (Å²) in [4.78, 5) is 27.0. The Hall–Kier alpha value is -2.63. The van der Waals surface area contributed by atoms with Crippen molar-refractivity contribution in [2.24, 2.45) is 11.8 Å². The van der Waals surface area contributed by atoms with Crippen LogP contribution in [0.3, 0.4) is 0 Å². The Bertz CT molecular complexity index is 832. The van der Waals surface area contributed by atoms with Gasteiger partial charge in [-0.2, -0.15) is 5.10 Å². The Morgan fingerprint density at radius 3 is 2.24 bits per heavy atom. The van der Waals surface area contributed by atoms with E-state index in [1.165, 1.54) is 0 Å². The summed E-state index contributed by atoms with van der Waals surface area (Å²) in [7, 11) is 0. The van der Waals surface area contributed by atoms with E-state index in [0.717, 1.165) is 11.4 Å². The van der Waals surface area contributed by atoms with E-state index in [1.807, 2.05) is 64.1 Å². The topological polar surface area (TPSA) is 67.2 Å². The van der Waals surface area contributed by atoms with Gasteiger partial charge in [0.2, 0.25) is 11.8 Å². The van der Waals surface area contributed by atoms with Gasteiger partial charge in [-0.1, -0.05) is 66.7 Å². The largest absolute Gasteiger partial charge is 0.333 e. The molecule has 0 atom stereocenters. The van der Waals surface area contributed by atoms with Crippen LogP contribution in [0.5, 0.6) is 0 Å². The molecule has 0 aliphatic rings. The quantitative estimate of drug-likeness (QED) is 0.758. The maximum absolute atomic E-state index is 12.8. The van der Waals surface area contributed by atoms with Gasteiger partial charge in [-0.05, 0) is 18.1 Å². The molecule has 2 aromatic rings. The van der Waals surface area contributed by atoms with Crippen LogP contribution in [0.15, 0.2) is 36.4 Å². The molecule has 2 amide bonds. The third-order valence-corrected chi connectivity index (χ3v) is 4.47. The Labute approximate surface area is 174 Å². The van der Waals surface area contributed by atoms with Gasteiger partial charge < -0.3 is 10.2 Å². The summed E-state index contributed by atoms with van der Waals surface area (Å²) in [5, 5.41) is 7.68. The van der Waals surface area contributed by atoms with Gasteiger partial charge in [-0.15, -0.1) is 0 Å². The molecule has 1 heterocycles. The number of nitrogens with zero attached hydrogens (tertiary/aromatic N) is 3. The van der Waals surface area contributed by atoms with E-state index in [0.29, 0.717) is 12.4 Å². The van der Waals surface area contributed by atoms with Crippen molar-refractivity contribution >= 4 is 17.6 Å². The number of carbonyl (C=O) groups is 2. The number of nitrogens with one attached hydrogen (secondary N) is 1. The number of para-hydroxylation sites is 1. The first-order valence-electron chi connectivity index (χ1n) is 10.2. The number of hydrogen-bond donors (Lipinski definition) is 1. The normalized spacial score (nSPS) is 11.8. The minimum atomic E-state index is -0.225. The van der Waals surface area contributed by atoms with E-state index < -0.39 is 0 Å². The molecule has 6 nitrogen and oxygen atoms in total. The summed E-state index contributed by atoms with van der Waals surface area (Å²) in [6, 6.07) is 11.6. The van der Waals surface area contributed by atoms with Crippen LogP contribution >= 0.6 is 0 Å². The van der Waals surface area contributed by atoms with Crippen LogP contribution in [-0.4, -0.2) is 39.6 Å². The van der Waals surface area contributed by atoms with Gasteiger partial charge in [0.15, 0.2) is 0 Å². The highest BCUT2D eigenvalue weighted by Crippen LogP contribution is 2.26. The summed E-state index contributed by atoms with van der Waals surface area (Å²) >= 11 is 0. The van der Waals surface area contributed by atoms with Crippen LogP contribution < -0.4 is 5.32 Å². The molecule has 6 heteroatoms. The van der Waals surface area contributed by atoms with Gasteiger partial charge in [0, 0.05) is 23.9 Å². The number of hydrogen-bond acceptors (Lipinski definition) is 3. The second-order valence-corrected chi connectivity index (χ2v) is 9.23. The van der Waals surface area contributed by atoms with Crippen molar-refractivity contribution < 1.29 is 9.59 Å². The van der Waals surface area contributed by atoms with Crippen molar-refractivity contribution in [1.29, 1.82) is 0 Å². The standard InChI is InChI=1S/C23H34N4O2/c1-16(2)14-26(22(29)17(3)4)15-21(28)24-20-13-19(23(5,6)7)25-27(20)18-11-9-8-10-12-18/h8-13,16-17H,14-15H2,1-7H3,(H,24,28). The fourth-order valence-corrected chi connectivity index (χ4v) is 3.00. The first-order valence-corrected chi connectivity index (χ1v) is 10.2. The molecule has 0 fully saturated rings. The van der Waals surface area contributed by atoms with Crippen LogP contribution in [-0.2, 0) is 15.0 Å². The Balaban J connectivity index is 2.28. The zero-order valence-corrected chi connectivity index (χ0v) is 18.7. The number of amides is 2. The van der Waals surface area contributed by atoms with Crippen molar-refractivity contribution in [3.8, 4) is 5.69 Å². The van der Waals surface area contributed by atoms with Gasteiger partial charge in [0.05, 0.1) is 17.9 Å². The van der Waals surface area contributed by atoms with Gasteiger partial charge >= 0.3 is 0 Å². The monoisotopic (exact) mass is 398 g/mol. The highest BCUT2D eigenvalue weighted by atomic mass is 16.2. The average Bonchev–Trinajstić information content (AvgIpc) is 3.04. The van der Waals surface area contributed by atoms with Gasteiger partial charge in [0.1, 0.15) is 5.82 Å². The smallest absolute Gasteiger partial charge is 0.245 e. The van der Waals surface area contributed by atoms with Gasteiger partial charge in [-0.3, -0.25) is 9.59 Å². The minimum absolute atomic E-state index is 0.0132. The Morgan fingerprint density at radius 2 is 1.72 bits per heavy atom. The molecular weight excluding hydrogens is 364 g/mol. The highest BCUT2D eigenvalue weighted by molar-refractivity contribution is 5.94. The lowest BCUT2D eigenvalue weighted by Crippen LogP contribution is -2.42. The van der Waals surface area contributed by atoms with E-state index in [-0.39, 0.29) is 35.6 Å². The first kappa shape index (κ1) is 22.7. The van der Waals surface area contributed by atoms with Crippen LogP contribution in [0.4, 0.5) is 5.82 Å². The molecule has 0 aliphatic heterocycles. The summed E-state index contributed by atoms with van der Waals surface area (Å²) in [6.45, 7) is 14.6. The predicted molar refractivity (Wildman–Crippen MR) is 117 cm³/mol. The fourth-order valence-electron chi connectivity index (χ4n) is 3.00. The molecule has 158 valence electrons. The molecule has 1 aromatic heterocycles. The van der Waals surface area contributed by atoms with Crippen LogP contribution in [0.2, 0.25) is 0 Å². The lowest BCUT2D eigenvalue weighted by Gasteiger charge is -2.25. The molecule has 1 aromatic carbocycles. The molecule has 1 N–H and O–H groups in total. The summed E-state index contributed by atoms with van der Waals surface area (Å²) in [6.07, 6.45) is 0. The first-order chi connectivity index (χ1) is 13.5. The molecule has 0 unspecified atom stereocenters. The van der Waals surface area contributed by atoms with Crippen molar-refractivity contribution in [3.05, 3.63) is 42.1 Å². The summed E-state index contributed by atoms with van der Waals surface area (Å²) < 4.78 is 1.75. The van der Waals surface area contributed by atoms with E-state index in [1.54, 1.807) is 9.58 Å². The molecule has 0 saturated heterocycles. The molecule has 0 radical (unpaired) electrons. The van der Waals surface area contributed by atoms with Gasteiger partial charge in [0.25, 0.3) is 0 Å². The zero-order chi connectivity index (χ0) is 21.8. The van der Waals surface area contributed by atoms with Crippen LogP contribution in [0.25, 0.3) is 5.69 Å². The third-order valence-electron chi connectivity index (χ3n) is 4.47. The van der Waals surface area contributed by atoms with Gasteiger partial charge in [-0.25, -0.2) is 4.68 Å². The Morgan fingerprint density at radius 1 is 1.10 bits per heavy atom. The second-order valence-electron chi connectivity index (χ2n) is 9.23. The SMILES string of the molecule is CC(C)CN(CC(=O)Nc1cc(C(C)(C)C)nn1-c1ccccc1)C(=O)C(C)C. The average molecular weight is 399 g/mol. The van der Waals surface area contributed by atoms with Crippen LogP contribution in [0, 0.1) is 11.8 Å². The molecule has 0 spiro atoms. The molecule has 0 saturated carbocycles. The van der Waals surface area contributed by atoms with Crippen molar-refractivity contribution in [2.75, 3.05) is 18.4 Å². The maximum atomic E-state index is 12.8. The second kappa shape index (κ2) is 9.25. The third kappa shape index (κ3) is 6.17. The lowest BCUT2D eigenvalue weighted by atomic mass is 9.92.